The minimum atomic E-state index is -0.840. The van der Waals surface area contributed by atoms with Gasteiger partial charge in [-0.05, 0) is 42.5 Å². The smallest absolute Gasteiger partial charge is 0.336 e. The first-order valence-electron chi connectivity index (χ1n) is 6.73. The molecule has 3 rings (SSSR count). The quantitative estimate of drug-likeness (QED) is 0.809. The SMILES string of the molecule is O=C(O)C(NCc1cc(=O)oc2cc(Br)ccc12)C1CC1. The number of carboxylic acids is 1. The lowest BCUT2D eigenvalue weighted by atomic mass is 10.1. The highest BCUT2D eigenvalue weighted by atomic mass is 79.9. The van der Waals surface area contributed by atoms with Crippen molar-refractivity contribution in [1.29, 1.82) is 0 Å². The van der Waals surface area contributed by atoms with Crippen molar-refractivity contribution in [2.75, 3.05) is 0 Å². The van der Waals surface area contributed by atoms with Crippen molar-refractivity contribution in [3.05, 3.63) is 44.7 Å². The van der Waals surface area contributed by atoms with E-state index in [-0.39, 0.29) is 5.92 Å². The van der Waals surface area contributed by atoms with Crippen LogP contribution >= 0.6 is 15.9 Å². The highest BCUT2D eigenvalue weighted by Gasteiger charge is 2.35. The van der Waals surface area contributed by atoms with E-state index in [0.717, 1.165) is 28.3 Å². The molecule has 0 radical (unpaired) electrons. The first-order chi connectivity index (χ1) is 10.0. The highest BCUT2D eigenvalue weighted by molar-refractivity contribution is 9.10. The second kappa shape index (κ2) is 5.61. The van der Waals surface area contributed by atoms with Gasteiger partial charge in [0.15, 0.2) is 0 Å². The monoisotopic (exact) mass is 351 g/mol. The molecule has 1 aromatic carbocycles. The fourth-order valence-electron chi connectivity index (χ4n) is 2.46. The van der Waals surface area contributed by atoms with Crippen LogP contribution < -0.4 is 10.9 Å². The van der Waals surface area contributed by atoms with Crippen LogP contribution in [0.2, 0.25) is 0 Å². The van der Waals surface area contributed by atoms with E-state index >= 15 is 0 Å². The van der Waals surface area contributed by atoms with Crippen molar-refractivity contribution < 1.29 is 14.3 Å². The summed E-state index contributed by atoms with van der Waals surface area (Å²) in [5, 5.41) is 13.1. The molecule has 5 nitrogen and oxygen atoms in total. The minimum absolute atomic E-state index is 0.197. The third-order valence-corrected chi connectivity index (χ3v) is 4.16. The maximum absolute atomic E-state index is 11.6. The molecule has 0 aliphatic heterocycles. The van der Waals surface area contributed by atoms with E-state index in [0.29, 0.717) is 12.1 Å². The first kappa shape index (κ1) is 14.3. The molecule has 0 spiro atoms. The van der Waals surface area contributed by atoms with Crippen LogP contribution in [0.1, 0.15) is 18.4 Å². The molecule has 2 N–H and O–H groups in total. The molecule has 1 heterocycles. The molecule has 6 heteroatoms. The molecule has 0 bridgehead atoms. The van der Waals surface area contributed by atoms with E-state index in [2.05, 4.69) is 21.2 Å². The summed E-state index contributed by atoms with van der Waals surface area (Å²) in [5.41, 5.74) is 0.809. The summed E-state index contributed by atoms with van der Waals surface area (Å²) in [6.07, 6.45) is 1.88. The Morgan fingerprint density at radius 1 is 1.43 bits per heavy atom. The van der Waals surface area contributed by atoms with Crippen molar-refractivity contribution in [2.24, 2.45) is 5.92 Å². The highest BCUT2D eigenvalue weighted by Crippen LogP contribution is 2.33. The third-order valence-electron chi connectivity index (χ3n) is 3.66. The number of carboxylic acid groups (broad SMARTS) is 1. The zero-order valence-corrected chi connectivity index (χ0v) is 12.7. The number of carbonyl (C=O) groups is 1. The molecule has 0 saturated heterocycles. The van der Waals surface area contributed by atoms with E-state index in [1.165, 1.54) is 6.07 Å². The van der Waals surface area contributed by atoms with Gasteiger partial charge in [0.1, 0.15) is 11.6 Å². The molecule has 1 unspecified atom stereocenters. The van der Waals surface area contributed by atoms with Crippen LogP contribution in [-0.4, -0.2) is 17.1 Å². The molecule has 1 fully saturated rings. The van der Waals surface area contributed by atoms with Crippen molar-refractivity contribution in [3.63, 3.8) is 0 Å². The standard InChI is InChI=1S/C15H14BrNO4/c16-10-3-4-11-9(5-13(18)21-12(11)6-10)7-17-14(15(19)20)8-1-2-8/h3-6,8,14,17H,1-2,7H2,(H,19,20). The van der Waals surface area contributed by atoms with E-state index in [1.807, 2.05) is 12.1 Å². The van der Waals surface area contributed by atoms with Gasteiger partial charge in [-0.2, -0.15) is 0 Å². The van der Waals surface area contributed by atoms with Gasteiger partial charge in [-0.15, -0.1) is 0 Å². The Morgan fingerprint density at radius 2 is 2.19 bits per heavy atom. The summed E-state index contributed by atoms with van der Waals surface area (Å²) in [4.78, 5) is 22.8. The number of hydrogen-bond acceptors (Lipinski definition) is 4. The molecule has 1 saturated carbocycles. The predicted octanol–water partition coefficient (Wildman–Crippen LogP) is 2.51. The predicted molar refractivity (Wildman–Crippen MR) is 81.2 cm³/mol. The Kier molecular flexibility index (Phi) is 3.82. The Balaban J connectivity index is 1.89. The molecule has 0 amide bonds. The van der Waals surface area contributed by atoms with Crippen molar-refractivity contribution in [3.8, 4) is 0 Å². The van der Waals surface area contributed by atoms with E-state index in [1.54, 1.807) is 6.07 Å². The van der Waals surface area contributed by atoms with Gasteiger partial charge in [0, 0.05) is 22.5 Å². The molecule has 1 atom stereocenters. The third kappa shape index (κ3) is 3.16. The van der Waals surface area contributed by atoms with Gasteiger partial charge in [-0.3, -0.25) is 4.79 Å². The maximum Gasteiger partial charge on any atom is 0.336 e. The van der Waals surface area contributed by atoms with Crippen molar-refractivity contribution in [1.82, 2.24) is 5.32 Å². The van der Waals surface area contributed by atoms with E-state index < -0.39 is 17.6 Å². The molecule has 110 valence electrons. The van der Waals surface area contributed by atoms with Crippen LogP contribution in [0.25, 0.3) is 11.0 Å². The Hall–Kier alpha value is -1.66. The zero-order valence-electron chi connectivity index (χ0n) is 11.1. The number of benzene rings is 1. The fraction of sp³-hybridized carbons (Fsp3) is 0.333. The zero-order chi connectivity index (χ0) is 15.0. The summed E-state index contributed by atoms with van der Waals surface area (Å²) >= 11 is 3.33. The minimum Gasteiger partial charge on any atom is -0.480 e. The van der Waals surface area contributed by atoms with E-state index in [9.17, 15) is 14.7 Å². The number of halogens is 1. The Morgan fingerprint density at radius 3 is 2.86 bits per heavy atom. The van der Waals surface area contributed by atoms with Crippen LogP contribution in [0.4, 0.5) is 0 Å². The molecule has 1 aliphatic rings. The largest absolute Gasteiger partial charge is 0.480 e. The summed E-state index contributed by atoms with van der Waals surface area (Å²) in [6.45, 7) is 0.331. The van der Waals surface area contributed by atoms with Crippen LogP contribution in [0.5, 0.6) is 0 Å². The first-order valence-corrected chi connectivity index (χ1v) is 7.52. The van der Waals surface area contributed by atoms with Crippen LogP contribution in [0.15, 0.2) is 37.9 Å². The number of hydrogen-bond donors (Lipinski definition) is 2. The van der Waals surface area contributed by atoms with Crippen molar-refractivity contribution in [2.45, 2.75) is 25.4 Å². The molecule has 1 aliphatic carbocycles. The summed E-state index contributed by atoms with van der Waals surface area (Å²) < 4.78 is 5.99. The summed E-state index contributed by atoms with van der Waals surface area (Å²) in [6, 6.07) is 6.31. The maximum atomic E-state index is 11.6. The van der Waals surface area contributed by atoms with Gasteiger partial charge in [0.25, 0.3) is 0 Å². The lowest BCUT2D eigenvalue weighted by Crippen LogP contribution is -2.38. The van der Waals surface area contributed by atoms with Gasteiger partial charge in [0.2, 0.25) is 0 Å². The second-order valence-electron chi connectivity index (χ2n) is 5.27. The van der Waals surface area contributed by atoms with Gasteiger partial charge in [-0.1, -0.05) is 15.9 Å². The van der Waals surface area contributed by atoms with Gasteiger partial charge in [-0.25, -0.2) is 4.79 Å². The van der Waals surface area contributed by atoms with Crippen LogP contribution in [-0.2, 0) is 11.3 Å². The number of rotatable bonds is 5. The Bertz CT molecular complexity index is 751. The van der Waals surface area contributed by atoms with Gasteiger partial charge in [0.05, 0.1) is 0 Å². The number of fused-ring (bicyclic) bond motifs is 1. The Labute approximate surface area is 129 Å². The summed E-state index contributed by atoms with van der Waals surface area (Å²) in [5.74, 6) is -0.643. The molecule has 21 heavy (non-hydrogen) atoms. The average Bonchev–Trinajstić information content (AvgIpc) is 3.22. The molecular formula is C15H14BrNO4. The normalized spacial score (nSPS) is 16.0. The molecular weight excluding hydrogens is 338 g/mol. The lowest BCUT2D eigenvalue weighted by molar-refractivity contribution is -0.140. The van der Waals surface area contributed by atoms with E-state index in [4.69, 9.17) is 4.42 Å². The lowest BCUT2D eigenvalue weighted by Gasteiger charge is -2.14. The molecule has 1 aromatic heterocycles. The van der Waals surface area contributed by atoms with Crippen molar-refractivity contribution >= 4 is 32.9 Å². The van der Waals surface area contributed by atoms with Gasteiger partial charge >= 0.3 is 11.6 Å². The second-order valence-corrected chi connectivity index (χ2v) is 6.18. The molecule has 2 aromatic rings. The van der Waals surface area contributed by atoms with Crippen LogP contribution in [0, 0.1) is 5.92 Å². The fourth-order valence-corrected chi connectivity index (χ4v) is 2.80. The number of aliphatic carboxylic acids is 1. The summed E-state index contributed by atoms with van der Waals surface area (Å²) in [7, 11) is 0. The topological polar surface area (TPSA) is 79.5 Å². The van der Waals surface area contributed by atoms with Gasteiger partial charge < -0.3 is 14.8 Å². The van der Waals surface area contributed by atoms with Crippen LogP contribution in [0.3, 0.4) is 0 Å². The number of nitrogens with one attached hydrogen (secondary N) is 1. The average molecular weight is 352 g/mol.